The van der Waals surface area contributed by atoms with Crippen LogP contribution in [0.4, 0.5) is 0 Å². The number of hydrogen-bond donors (Lipinski definition) is 1. The zero-order valence-corrected chi connectivity index (χ0v) is 14.9. The zero-order valence-electron chi connectivity index (χ0n) is 13.4. The summed E-state index contributed by atoms with van der Waals surface area (Å²) in [5.41, 5.74) is 0.175. The summed E-state index contributed by atoms with van der Waals surface area (Å²) in [6, 6.07) is 2.81. The molecule has 2 aliphatic carbocycles. The first-order valence-corrected chi connectivity index (χ1v) is 8.97. The first kappa shape index (κ1) is 17.5. The Hall–Kier alpha value is -1.33. The third kappa shape index (κ3) is 4.01. The molecule has 1 aromatic rings. The van der Waals surface area contributed by atoms with Crippen LogP contribution in [0.15, 0.2) is 12.1 Å². The Labute approximate surface area is 151 Å². The third-order valence-electron chi connectivity index (χ3n) is 5.16. The summed E-state index contributed by atoms with van der Waals surface area (Å²) >= 11 is 11.5. The number of carbonyl (C=O) groups excluding carboxylic acids is 2. The number of carbonyl (C=O) groups is 2. The Balaban J connectivity index is 1.47. The van der Waals surface area contributed by atoms with Gasteiger partial charge in [0.2, 0.25) is 0 Å². The summed E-state index contributed by atoms with van der Waals surface area (Å²) < 4.78 is 5.03. The normalized spacial score (nSPS) is 26.2. The van der Waals surface area contributed by atoms with Crippen molar-refractivity contribution in [2.45, 2.75) is 38.6 Å². The molecule has 0 spiro atoms. The number of esters is 1. The van der Waals surface area contributed by atoms with E-state index in [1.54, 1.807) is 0 Å². The molecule has 7 heteroatoms. The van der Waals surface area contributed by atoms with Crippen molar-refractivity contribution in [3.05, 3.63) is 28.0 Å². The van der Waals surface area contributed by atoms with Gasteiger partial charge in [0.05, 0.1) is 5.56 Å². The molecule has 4 atom stereocenters. The third-order valence-corrected chi connectivity index (χ3v) is 5.54. The minimum absolute atomic E-state index is 0.101. The first-order chi connectivity index (χ1) is 11.4. The smallest absolute Gasteiger partial charge is 0.338 e. The summed E-state index contributed by atoms with van der Waals surface area (Å²) in [5.74, 6) is 1.17. The van der Waals surface area contributed by atoms with Crippen LogP contribution in [0, 0.1) is 17.8 Å². The Morgan fingerprint density at radius 1 is 1.29 bits per heavy atom. The lowest BCUT2D eigenvalue weighted by atomic mass is 9.84. The van der Waals surface area contributed by atoms with Gasteiger partial charge in [-0.2, -0.15) is 0 Å². The van der Waals surface area contributed by atoms with Crippen LogP contribution in [0.5, 0.6) is 0 Å². The maximum Gasteiger partial charge on any atom is 0.338 e. The minimum atomic E-state index is -0.649. The molecule has 24 heavy (non-hydrogen) atoms. The highest BCUT2D eigenvalue weighted by Crippen LogP contribution is 2.49. The lowest BCUT2D eigenvalue weighted by Crippen LogP contribution is -2.42. The quantitative estimate of drug-likeness (QED) is 0.636. The molecule has 1 N–H and O–H groups in total. The first-order valence-electron chi connectivity index (χ1n) is 8.22. The van der Waals surface area contributed by atoms with Crippen LogP contribution in [0.3, 0.4) is 0 Å². The molecule has 0 aliphatic heterocycles. The van der Waals surface area contributed by atoms with Gasteiger partial charge in [-0.15, -0.1) is 0 Å². The van der Waals surface area contributed by atoms with E-state index in [0.29, 0.717) is 5.92 Å². The number of hydrogen-bond acceptors (Lipinski definition) is 4. The predicted octanol–water partition coefficient (Wildman–Crippen LogP) is 3.49. The van der Waals surface area contributed by atoms with E-state index in [9.17, 15) is 9.59 Å². The lowest BCUT2D eigenvalue weighted by Gasteiger charge is -2.28. The average molecular weight is 371 g/mol. The number of fused-ring (bicyclic) bond motifs is 2. The van der Waals surface area contributed by atoms with E-state index < -0.39 is 5.97 Å². The number of pyridine rings is 1. The standard InChI is InChI=1S/C17H20Cl2N2O3/c1-9(13-5-10-2-3-11(13)4-10)20-16(22)8-24-17(23)12-6-14(18)21-15(19)7-12/h6-7,9-11,13H,2-5,8H2,1H3,(H,20,22)/t9-,10+,11-,13+/m0/s1. The lowest BCUT2D eigenvalue weighted by molar-refractivity contribution is -0.125. The van der Waals surface area contributed by atoms with E-state index >= 15 is 0 Å². The van der Waals surface area contributed by atoms with Gasteiger partial charge in [-0.3, -0.25) is 4.79 Å². The fraction of sp³-hybridized carbons (Fsp3) is 0.588. The number of nitrogens with zero attached hydrogens (tertiary/aromatic N) is 1. The molecule has 0 aromatic carbocycles. The molecule has 1 aromatic heterocycles. The molecule has 1 heterocycles. The zero-order chi connectivity index (χ0) is 17.3. The largest absolute Gasteiger partial charge is 0.452 e. The van der Waals surface area contributed by atoms with Gasteiger partial charge in [-0.25, -0.2) is 9.78 Å². The van der Waals surface area contributed by atoms with Gasteiger partial charge in [0, 0.05) is 6.04 Å². The Morgan fingerprint density at radius 3 is 2.58 bits per heavy atom. The van der Waals surface area contributed by atoms with Gasteiger partial charge < -0.3 is 10.1 Å². The number of ether oxygens (including phenoxy) is 1. The summed E-state index contributed by atoms with van der Waals surface area (Å²) in [6.07, 6.45) is 5.09. The average Bonchev–Trinajstić information content (AvgIpc) is 3.14. The number of halogens is 2. The van der Waals surface area contributed by atoms with E-state index in [1.165, 1.54) is 37.8 Å². The van der Waals surface area contributed by atoms with Crippen molar-refractivity contribution in [2.75, 3.05) is 6.61 Å². The van der Waals surface area contributed by atoms with Gasteiger partial charge in [-0.05, 0) is 56.1 Å². The maximum absolute atomic E-state index is 12.0. The molecule has 2 fully saturated rings. The number of rotatable bonds is 5. The van der Waals surface area contributed by atoms with Gasteiger partial charge in [0.1, 0.15) is 10.3 Å². The topological polar surface area (TPSA) is 68.3 Å². The van der Waals surface area contributed by atoms with Crippen LogP contribution in [0.25, 0.3) is 0 Å². The van der Waals surface area contributed by atoms with Crippen molar-refractivity contribution in [1.82, 2.24) is 10.3 Å². The molecule has 0 unspecified atom stereocenters. The van der Waals surface area contributed by atoms with Crippen molar-refractivity contribution < 1.29 is 14.3 Å². The van der Waals surface area contributed by atoms with Crippen molar-refractivity contribution in [1.29, 1.82) is 0 Å². The molecular formula is C17H20Cl2N2O3. The fourth-order valence-electron chi connectivity index (χ4n) is 4.11. The predicted molar refractivity (Wildman–Crippen MR) is 91.1 cm³/mol. The molecule has 2 bridgehead atoms. The van der Waals surface area contributed by atoms with Crippen LogP contribution in [-0.2, 0) is 9.53 Å². The van der Waals surface area contributed by atoms with E-state index in [2.05, 4.69) is 10.3 Å². The molecule has 5 nitrogen and oxygen atoms in total. The molecule has 0 radical (unpaired) electrons. The highest BCUT2D eigenvalue weighted by molar-refractivity contribution is 6.32. The summed E-state index contributed by atoms with van der Waals surface area (Å²) in [5, 5.41) is 3.16. The molecule has 2 saturated carbocycles. The van der Waals surface area contributed by atoms with Gasteiger partial charge in [0.15, 0.2) is 6.61 Å². The Bertz CT molecular complexity index is 632. The Kier molecular flexibility index (Phi) is 5.30. The molecule has 2 aliphatic rings. The van der Waals surface area contributed by atoms with Crippen LogP contribution in [0.1, 0.15) is 43.0 Å². The van der Waals surface area contributed by atoms with Crippen molar-refractivity contribution in [3.8, 4) is 0 Å². The summed E-state index contributed by atoms with van der Waals surface area (Å²) in [6.45, 7) is 1.72. The number of aromatic nitrogens is 1. The van der Waals surface area contributed by atoms with Gasteiger partial charge in [-0.1, -0.05) is 29.6 Å². The fourth-order valence-corrected chi connectivity index (χ4v) is 4.57. The molecule has 3 rings (SSSR count). The van der Waals surface area contributed by atoms with Crippen LogP contribution >= 0.6 is 23.2 Å². The van der Waals surface area contributed by atoms with Gasteiger partial charge in [0.25, 0.3) is 5.91 Å². The second-order valence-corrected chi connectivity index (χ2v) is 7.55. The molecule has 1 amide bonds. The molecule has 0 saturated heterocycles. The highest BCUT2D eigenvalue weighted by atomic mass is 35.5. The second kappa shape index (κ2) is 7.28. The van der Waals surface area contributed by atoms with Gasteiger partial charge >= 0.3 is 5.97 Å². The number of amides is 1. The van der Waals surface area contributed by atoms with E-state index in [4.69, 9.17) is 27.9 Å². The van der Waals surface area contributed by atoms with Crippen molar-refractivity contribution in [3.63, 3.8) is 0 Å². The maximum atomic E-state index is 12.0. The SMILES string of the molecule is C[C@H](NC(=O)COC(=O)c1cc(Cl)nc(Cl)c1)[C@H]1C[C@@H]2CC[C@H]1C2. The van der Waals surface area contributed by atoms with E-state index in [1.807, 2.05) is 6.92 Å². The van der Waals surface area contributed by atoms with E-state index in [-0.39, 0.29) is 34.4 Å². The van der Waals surface area contributed by atoms with Crippen molar-refractivity contribution in [2.24, 2.45) is 17.8 Å². The summed E-state index contributed by atoms with van der Waals surface area (Å²) in [7, 11) is 0. The number of nitrogens with one attached hydrogen (secondary N) is 1. The van der Waals surface area contributed by atoms with Crippen LogP contribution in [-0.4, -0.2) is 29.5 Å². The monoisotopic (exact) mass is 370 g/mol. The molecule has 130 valence electrons. The highest BCUT2D eigenvalue weighted by Gasteiger charge is 2.42. The minimum Gasteiger partial charge on any atom is -0.452 e. The second-order valence-electron chi connectivity index (χ2n) is 6.77. The summed E-state index contributed by atoms with van der Waals surface area (Å²) in [4.78, 5) is 27.7. The van der Waals surface area contributed by atoms with E-state index in [0.717, 1.165) is 11.8 Å². The van der Waals surface area contributed by atoms with Crippen molar-refractivity contribution >= 4 is 35.1 Å². The van der Waals surface area contributed by atoms with Crippen LogP contribution < -0.4 is 5.32 Å². The molecular weight excluding hydrogens is 351 g/mol. The Morgan fingerprint density at radius 2 is 2.00 bits per heavy atom. The van der Waals surface area contributed by atoms with Crippen LogP contribution in [0.2, 0.25) is 10.3 Å².